The molecule has 4 aromatic heterocycles. The van der Waals surface area contributed by atoms with Crippen LogP contribution >= 0.6 is 0 Å². The minimum atomic E-state index is -4.40. The molecule has 0 radical (unpaired) electrons. The van der Waals surface area contributed by atoms with Gasteiger partial charge in [0.05, 0.1) is 42.7 Å². The summed E-state index contributed by atoms with van der Waals surface area (Å²) in [6, 6.07) is 3.54. The van der Waals surface area contributed by atoms with E-state index in [1.807, 2.05) is 6.92 Å². The number of methoxy groups -OCH3 is 2. The maximum atomic E-state index is 12.7. The van der Waals surface area contributed by atoms with Crippen molar-refractivity contribution in [2.75, 3.05) is 14.2 Å². The summed E-state index contributed by atoms with van der Waals surface area (Å²) in [5, 5.41) is 15.1. The van der Waals surface area contributed by atoms with Gasteiger partial charge in [0, 0.05) is 23.7 Å². The summed E-state index contributed by atoms with van der Waals surface area (Å²) >= 11 is 0. The van der Waals surface area contributed by atoms with E-state index in [0.29, 0.717) is 45.2 Å². The second-order valence-electron chi connectivity index (χ2n) is 7.24. The highest BCUT2D eigenvalue weighted by Gasteiger charge is 2.29. The fraction of sp³-hybridized carbons (Fsp3) is 0.286. The van der Waals surface area contributed by atoms with Crippen LogP contribution in [0.1, 0.15) is 11.3 Å². The Labute approximate surface area is 180 Å². The number of fused-ring (bicyclic) bond motifs is 1. The van der Waals surface area contributed by atoms with Crippen molar-refractivity contribution in [3.05, 3.63) is 42.0 Å². The number of pyridine rings is 2. The van der Waals surface area contributed by atoms with Gasteiger partial charge in [-0.25, -0.2) is 9.97 Å². The highest BCUT2D eigenvalue weighted by Crippen LogP contribution is 2.38. The molecule has 0 unspecified atom stereocenters. The van der Waals surface area contributed by atoms with Crippen molar-refractivity contribution in [1.82, 2.24) is 24.3 Å². The van der Waals surface area contributed by atoms with Crippen molar-refractivity contribution in [1.29, 1.82) is 0 Å². The zero-order chi connectivity index (χ0) is 23.2. The first-order chi connectivity index (χ1) is 15.1. The average Bonchev–Trinajstić information content (AvgIpc) is 3.28. The van der Waals surface area contributed by atoms with E-state index in [-0.39, 0.29) is 5.88 Å². The zero-order valence-corrected chi connectivity index (χ0v) is 17.7. The third-order valence-electron chi connectivity index (χ3n) is 5.08. The Kier molecular flexibility index (Phi) is 5.19. The Morgan fingerprint density at radius 2 is 1.84 bits per heavy atom. The fourth-order valence-corrected chi connectivity index (χ4v) is 3.67. The highest BCUT2D eigenvalue weighted by molar-refractivity contribution is 5.93. The Bertz CT molecular complexity index is 1310. The molecule has 32 heavy (non-hydrogen) atoms. The summed E-state index contributed by atoms with van der Waals surface area (Å²) in [5.74, 6) is 0.662. The molecular formula is C21H20F3N5O3. The lowest BCUT2D eigenvalue weighted by molar-refractivity contribution is -0.142. The molecule has 0 bridgehead atoms. The first-order valence-electron chi connectivity index (χ1n) is 9.52. The van der Waals surface area contributed by atoms with Crippen molar-refractivity contribution in [3.63, 3.8) is 0 Å². The number of hydrogen-bond acceptors (Lipinski definition) is 6. The highest BCUT2D eigenvalue weighted by atomic mass is 19.4. The summed E-state index contributed by atoms with van der Waals surface area (Å²) in [6.07, 6.45) is -0.302. The van der Waals surface area contributed by atoms with Gasteiger partial charge < -0.3 is 14.6 Å². The number of ether oxygens (including phenoxy) is 2. The van der Waals surface area contributed by atoms with Gasteiger partial charge in [-0.3, -0.25) is 9.25 Å². The summed E-state index contributed by atoms with van der Waals surface area (Å²) in [6.45, 7) is 2.33. The number of hydrogen-bond donors (Lipinski definition) is 1. The van der Waals surface area contributed by atoms with Crippen LogP contribution in [0.15, 0.2) is 30.7 Å². The lowest BCUT2D eigenvalue weighted by atomic mass is 10.1. The molecule has 0 saturated carbocycles. The number of aromatic nitrogens is 5. The van der Waals surface area contributed by atoms with Crippen molar-refractivity contribution >= 4 is 10.9 Å². The molecule has 0 atom stereocenters. The molecule has 0 amide bonds. The molecule has 0 aliphatic rings. The second kappa shape index (κ2) is 7.74. The van der Waals surface area contributed by atoms with Crippen LogP contribution in [-0.2, 0) is 6.54 Å². The molecule has 8 nitrogen and oxygen atoms in total. The maximum absolute atomic E-state index is 12.7. The monoisotopic (exact) mass is 447 g/mol. The molecule has 4 rings (SSSR count). The molecule has 0 spiro atoms. The smallest absolute Gasteiger partial charge is 0.408 e. The summed E-state index contributed by atoms with van der Waals surface area (Å²) in [4.78, 5) is 8.92. The quantitative estimate of drug-likeness (QED) is 0.494. The van der Waals surface area contributed by atoms with Crippen molar-refractivity contribution in [2.45, 2.75) is 26.6 Å². The Balaban J connectivity index is 1.84. The van der Waals surface area contributed by atoms with Crippen LogP contribution in [0, 0.1) is 13.8 Å². The van der Waals surface area contributed by atoms with Crippen LogP contribution in [0.2, 0.25) is 0 Å². The van der Waals surface area contributed by atoms with E-state index in [9.17, 15) is 18.3 Å². The van der Waals surface area contributed by atoms with Gasteiger partial charge in [0.25, 0.3) is 5.88 Å². The van der Waals surface area contributed by atoms with Gasteiger partial charge in [-0.05, 0) is 31.5 Å². The van der Waals surface area contributed by atoms with Crippen LogP contribution in [0.3, 0.4) is 0 Å². The van der Waals surface area contributed by atoms with Crippen LogP contribution < -0.4 is 9.47 Å². The number of aromatic hydroxyl groups is 1. The predicted octanol–water partition coefficient (Wildman–Crippen LogP) is 4.19. The fourth-order valence-electron chi connectivity index (χ4n) is 3.67. The standard InChI is InChI=1S/C21H20F3N5O3/c1-11-5-15(13-6-16(31-3)19(32-4)25-7-13)27-18-12(2)29(20(30)17(11)18)14-8-26-28(9-14)10-21(22,23)24/h5-9,30H,10H2,1-4H3. The van der Waals surface area contributed by atoms with Crippen LogP contribution in [0.4, 0.5) is 13.2 Å². The van der Waals surface area contributed by atoms with Crippen molar-refractivity contribution in [3.8, 4) is 34.5 Å². The van der Waals surface area contributed by atoms with E-state index < -0.39 is 12.7 Å². The number of rotatable bonds is 5. The first-order valence-corrected chi connectivity index (χ1v) is 9.52. The number of aryl methyl sites for hydroxylation is 2. The predicted molar refractivity (Wildman–Crippen MR) is 110 cm³/mol. The lowest BCUT2D eigenvalue weighted by Gasteiger charge is -2.09. The molecule has 4 heterocycles. The van der Waals surface area contributed by atoms with E-state index in [1.54, 1.807) is 25.3 Å². The van der Waals surface area contributed by atoms with Crippen molar-refractivity contribution in [2.24, 2.45) is 0 Å². The van der Waals surface area contributed by atoms with Gasteiger partial charge in [0.15, 0.2) is 5.75 Å². The summed E-state index contributed by atoms with van der Waals surface area (Å²) in [5.41, 5.74) is 3.38. The van der Waals surface area contributed by atoms with E-state index in [2.05, 4.69) is 15.1 Å². The Morgan fingerprint density at radius 1 is 1.09 bits per heavy atom. The van der Waals surface area contributed by atoms with Gasteiger partial charge in [-0.2, -0.15) is 18.3 Å². The SMILES string of the molecule is COc1cc(-c2cc(C)c3c(O)n(-c4cnn(CC(F)(F)F)c4)c(C)c3n2)cnc1OC. The molecule has 168 valence electrons. The Hall–Kier alpha value is -3.76. The normalized spacial score (nSPS) is 11.8. The maximum Gasteiger partial charge on any atom is 0.408 e. The molecule has 0 aromatic carbocycles. The van der Waals surface area contributed by atoms with Gasteiger partial charge in [0.2, 0.25) is 5.88 Å². The van der Waals surface area contributed by atoms with Crippen molar-refractivity contribution < 1.29 is 27.8 Å². The van der Waals surface area contributed by atoms with Crippen LogP contribution in [-0.4, -0.2) is 49.8 Å². The van der Waals surface area contributed by atoms with Gasteiger partial charge >= 0.3 is 6.18 Å². The van der Waals surface area contributed by atoms with Gasteiger partial charge in [0.1, 0.15) is 6.54 Å². The zero-order valence-electron chi connectivity index (χ0n) is 17.7. The molecule has 11 heteroatoms. The number of halogens is 3. The second-order valence-corrected chi connectivity index (χ2v) is 7.24. The van der Waals surface area contributed by atoms with Gasteiger partial charge in [-0.15, -0.1) is 0 Å². The molecular weight excluding hydrogens is 427 g/mol. The van der Waals surface area contributed by atoms with E-state index in [0.717, 1.165) is 10.2 Å². The largest absolute Gasteiger partial charge is 0.494 e. The van der Waals surface area contributed by atoms with Crippen LogP contribution in [0.5, 0.6) is 17.5 Å². The molecule has 0 saturated heterocycles. The molecule has 1 N–H and O–H groups in total. The minimum Gasteiger partial charge on any atom is -0.494 e. The summed E-state index contributed by atoms with van der Waals surface area (Å²) < 4.78 is 50.8. The average molecular weight is 447 g/mol. The topological polar surface area (TPSA) is 87.2 Å². The van der Waals surface area contributed by atoms with Crippen LogP contribution in [0.25, 0.3) is 27.8 Å². The first kappa shape index (κ1) is 21.5. The van der Waals surface area contributed by atoms with Gasteiger partial charge in [-0.1, -0.05) is 0 Å². The third kappa shape index (κ3) is 3.70. The third-order valence-corrected chi connectivity index (χ3v) is 5.08. The molecule has 0 fully saturated rings. The molecule has 4 aromatic rings. The molecule has 0 aliphatic heterocycles. The molecule has 0 aliphatic carbocycles. The lowest BCUT2D eigenvalue weighted by Crippen LogP contribution is -2.17. The number of alkyl halides is 3. The van der Waals surface area contributed by atoms with E-state index in [1.165, 1.54) is 31.2 Å². The van der Waals surface area contributed by atoms with E-state index in [4.69, 9.17) is 9.47 Å². The Morgan fingerprint density at radius 3 is 2.50 bits per heavy atom. The number of nitrogens with zero attached hydrogens (tertiary/aromatic N) is 5. The summed E-state index contributed by atoms with van der Waals surface area (Å²) in [7, 11) is 3.00. The van der Waals surface area contributed by atoms with E-state index >= 15 is 0 Å². The minimum absolute atomic E-state index is 0.119.